The van der Waals surface area contributed by atoms with Crippen LogP contribution in [0.3, 0.4) is 0 Å². The largest absolute Gasteiger partial charge is 0.309 e. The molecule has 0 radical (unpaired) electrons. The third-order valence-corrected chi connectivity index (χ3v) is 4.18. The van der Waals surface area contributed by atoms with E-state index in [-0.39, 0.29) is 5.82 Å². The molecule has 0 spiro atoms. The zero-order valence-electron chi connectivity index (χ0n) is 12.4. The highest BCUT2D eigenvalue weighted by Crippen LogP contribution is 2.23. The van der Waals surface area contributed by atoms with Crippen LogP contribution < -0.4 is 0 Å². The highest BCUT2D eigenvalue weighted by atomic mass is 35.5. The molecule has 0 saturated carbocycles. The lowest BCUT2D eigenvalue weighted by Crippen LogP contribution is -2.40. The van der Waals surface area contributed by atoms with E-state index in [0.29, 0.717) is 11.1 Å². The van der Waals surface area contributed by atoms with Crippen molar-refractivity contribution >= 4 is 11.6 Å². The molecule has 0 aliphatic carbocycles. The van der Waals surface area contributed by atoms with Gasteiger partial charge in [0.25, 0.3) is 0 Å². The summed E-state index contributed by atoms with van der Waals surface area (Å²) in [5, 5.41) is 0.488. The van der Waals surface area contributed by atoms with Crippen LogP contribution in [0, 0.1) is 5.82 Å². The molecule has 1 fully saturated rings. The minimum absolute atomic E-state index is 0.241. The Morgan fingerprint density at radius 2 is 2.10 bits per heavy atom. The van der Waals surface area contributed by atoms with Crippen LogP contribution in [-0.2, 0) is 6.54 Å². The van der Waals surface area contributed by atoms with Crippen molar-refractivity contribution in [3.63, 3.8) is 0 Å². The van der Waals surface area contributed by atoms with Gasteiger partial charge in [-0.25, -0.2) is 4.39 Å². The lowest BCUT2D eigenvalue weighted by Gasteiger charge is -2.36. The molecule has 0 N–H and O–H groups in total. The Hall–Kier alpha value is -0.640. The van der Waals surface area contributed by atoms with Crippen LogP contribution in [0.5, 0.6) is 0 Å². The summed E-state index contributed by atoms with van der Waals surface area (Å²) in [4.78, 5) is 4.71. The maximum Gasteiger partial charge on any atom is 0.125 e. The zero-order valence-corrected chi connectivity index (χ0v) is 13.2. The number of piperidine rings is 1. The number of benzene rings is 1. The normalized spacial score (nSPS) is 20.6. The maximum absolute atomic E-state index is 13.4. The van der Waals surface area contributed by atoms with Gasteiger partial charge in [0.2, 0.25) is 0 Å². The number of nitrogens with zero attached hydrogens (tertiary/aromatic N) is 2. The van der Waals surface area contributed by atoms with Gasteiger partial charge in [-0.1, -0.05) is 18.0 Å². The summed E-state index contributed by atoms with van der Waals surface area (Å²) in [5.74, 6) is -0.241. The van der Waals surface area contributed by atoms with Crippen molar-refractivity contribution in [2.24, 2.45) is 0 Å². The number of hydrogen-bond donors (Lipinski definition) is 0. The second-order valence-corrected chi connectivity index (χ2v) is 6.43. The summed E-state index contributed by atoms with van der Waals surface area (Å²) in [6.07, 6.45) is 4.97. The van der Waals surface area contributed by atoms with Crippen molar-refractivity contribution in [2.45, 2.75) is 38.3 Å². The molecule has 2 nitrogen and oxygen atoms in total. The van der Waals surface area contributed by atoms with Crippen LogP contribution in [0.25, 0.3) is 0 Å². The van der Waals surface area contributed by atoms with E-state index < -0.39 is 0 Å². The van der Waals surface area contributed by atoms with Crippen LogP contribution in [0.15, 0.2) is 18.2 Å². The number of rotatable bonds is 5. The smallest absolute Gasteiger partial charge is 0.125 e. The van der Waals surface area contributed by atoms with Gasteiger partial charge >= 0.3 is 0 Å². The number of likely N-dealkylation sites (tertiary alicyclic amines) is 1. The lowest BCUT2D eigenvalue weighted by atomic mass is 9.98. The van der Waals surface area contributed by atoms with Crippen LogP contribution in [0.2, 0.25) is 5.02 Å². The Bertz CT molecular complexity index is 416. The third-order valence-electron chi connectivity index (χ3n) is 3.97. The van der Waals surface area contributed by atoms with Gasteiger partial charge in [0.1, 0.15) is 5.82 Å². The van der Waals surface area contributed by atoms with Crippen molar-refractivity contribution in [1.82, 2.24) is 9.80 Å². The van der Waals surface area contributed by atoms with Gasteiger partial charge in [-0.2, -0.15) is 0 Å². The molecule has 0 bridgehead atoms. The summed E-state index contributed by atoms with van der Waals surface area (Å²) < 4.78 is 13.4. The van der Waals surface area contributed by atoms with Crippen LogP contribution >= 0.6 is 11.6 Å². The van der Waals surface area contributed by atoms with E-state index in [0.717, 1.165) is 25.2 Å². The van der Waals surface area contributed by atoms with E-state index in [1.54, 1.807) is 6.07 Å². The fourth-order valence-corrected chi connectivity index (χ4v) is 3.18. The SMILES string of the molecule is CN(C)CCC1CCCCN1Cc1cc(F)cc(Cl)c1. The molecular weight excluding hydrogens is 275 g/mol. The van der Waals surface area contributed by atoms with Crippen molar-refractivity contribution in [1.29, 1.82) is 0 Å². The van der Waals surface area contributed by atoms with E-state index in [9.17, 15) is 4.39 Å². The summed E-state index contributed by atoms with van der Waals surface area (Å²) >= 11 is 5.94. The Labute approximate surface area is 126 Å². The quantitative estimate of drug-likeness (QED) is 0.816. The van der Waals surface area contributed by atoms with Gasteiger partial charge in [0.15, 0.2) is 0 Å². The van der Waals surface area contributed by atoms with Crippen LogP contribution in [0.4, 0.5) is 4.39 Å². The molecule has 0 aromatic heterocycles. The van der Waals surface area contributed by atoms with Crippen molar-refractivity contribution in [3.05, 3.63) is 34.6 Å². The summed E-state index contributed by atoms with van der Waals surface area (Å²) in [5.41, 5.74) is 0.978. The highest BCUT2D eigenvalue weighted by Gasteiger charge is 2.22. The molecule has 1 heterocycles. The summed E-state index contributed by atoms with van der Waals surface area (Å²) in [6, 6.07) is 5.45. The van der Waals surface area contributed by atoms with Crippen molar-refractivity contribution in [2.75, 3.05) is 27.2 Å². The summed E-state index contributed by atoms with van der Waals surface area (Å²) in [7, 11) is 4.22. The van der Waals surface area contributed by atoms with Gasteiger partial charge in [0, 0.05) is 17.6 Å². The van der Waals surface area contributed by atoms with Gasteiger partial charge in [0.05, 0.1) is 0 Å². The molecule has 0 amide bonds. The molecular formula is C16H24ClFN2. The van der Waals surface area contributed by atoms with E-state index in [1.165, 1.54) is 31.7 Å². The van der Waals surface area contributed by atoms with Crippen LogP contribution in [-0.4, -0.2) is 43.0 Å². The first kappa shape index (κ1) is 15.7. The standard InChI is InChI=1S/C16H24ClFN2/c1-19(2)8-6-16-5-3-4-7-20(16)12-13-9-14(17)11-15(18)10-13/h9-11,16H,3-8,12H2,1-2H3. The predicted molar refractivity (Wildman–Crippen MR) is 82.6 cm³/mol. The molecule has 1 atom stereocenters. The summed E-state index contributed by atoms with van der Waals surface area (Å²) in [6.45, 7) is 3.01. The van der Waals surface area contributed by atoms with Crippen molar-refractivity contribution < 1.29 is 4.39 Å². The molecule has 2 rings (SSSR count). The molecule has 112 valence electrons. The second-order valence-electron chi connectivity index (χ2n) is 5.99. The van der Waals surface area contributed by atoms with E-state index in [2.05, 4.69) is 23.9 Å². The predicted octanol–water partition coefficient (Wildman–Crippen LogP) is 3.79. The van der Waals surface area contributed by atoms with Gasteiger partial charge < -0.3 is 4.90 Å². The van der Waals surface area contributed by atoms with Crippen LogP contribution in [0.1, 0.15) is 31.2 Å². The lowest BCUT2D eigenvalue weighted by molar-refractivity contribution is 0.124. The fourth-order valence-electron chi connectivity index (χ4n) is 2.94. The highest BCUT2D eigenvalue weighted by molar-refractivity contribution is 6.30. The molecule has 20 heavy (non-hydrogen) atoms. The van der Waals surface area contributed by atoms with E-state index in [1.807, 2.05) is 6.07 Å². The Balaban J connectivity index is 2.00. The van der Waals surface area contributed by atoms with Gasteiger partial charge in [-0.3, -0.25) is 4.90 Å². The number of halogens is 2. The molecule has 1 aromatic rings. The van der Waals surface area contributed by atoms with Gasteiger partial charge in [-0.05, 0) is 70.2 Å². The molecule has 4 heteroatoms. The second kappa shape index (κ2) is 7.39. The molecule has 1 aliphatic heterocycles. The first-order valence-corrected chi connectivity index (χ1v) is 7.76. The Morgan fingerprint density at radius 1 is 1.30 bits per heavy atom. The monoisotopic (exact) mass is 298 g/mol. The topological polar surface area (TPSA) is 6.48 Å². The van der Waals surface area contributed by atoms with E-state index >= 15 is 0 Å². The minimum atomic E-state index is -0.241. The first-order valence-electron chi connectivity index (χ1n) is 7.38. The van der Waals surface area contributed by atoms with Gasteiger partial charge in [-0.15, -0.1) is 0 Å². The molecule has 1 saturated heterocycles. The molecule has 1 aromatic carbocycles. The fraction of sp³-hybridized carbons (Fsp3) is 0.625. The number of hydrogen-bond acceptors (Lipinski definition) is 2. The third kappa shape index (κ3) is 4.72. The van der Waals surface area contributed by atoms with Crippen molar-refractivity contribution in [3.8, 4) is 0 Å². The zero-order chi connectivity index (χ0) is 14.5. The molecule has 1 unspecified atom stereocenters. The Kier molecular flexibility index (Phi) is 5.82. The average molecular weight is 299 g/mol. The minimum Gasteiger partial charge on any atom is -0.309 e. The average Bonchev–Trinajstić information content (AvgIpc) is 2.36. The Morgan fingerprint density at radius 3 is 2.80 bits per heavy atom. The molecule has 1 aliphatic rings. The maximum atomic E-state index is 13.4. The van der Waals surface area contributed by atoms with E-state index in [4.69, 9.17) is 11.6 Å². The first-order chi connectivity index (χ1) is 9.54.